The molecule has 0 aliphatic rings. The fourth-order valence-electron chi connectivity index (χ4n) is 7.27. The second-order valence-electron chi connectivity index (χ2n) is 16.6. The average molecular weight is 816 g/mol. The Balaban J connectivity index is 4.07. The van der Waals surface area contributed by atoms with Gasteiger partial charge in [-0.1, -0.05) is 156 Å². The van der Waals surface area contributed by atoms with Crippen LogP contribution in [-0.4, -0.2) is 75.4 Å². The van der Waals surface area contributed by atoms with Crippen molar-refractivity contribution in [2.75, 3.05) is 58.5 Å². The summed E-state index contributed by atoms with van der Waals surface area (Å²) in [5, 5.41) is 9.24. The summed E-state index contributed by atoms with van der Waals surface area (Å²) in [6.45, 7) is 15.5. The highest BCUT2D eigenvalue weighted by Crippen LogP contribution is 2.20. The Morgan fingerprint density at radius 1 is 0.500 bits per heavy atom. The molecule has 0 aromatic heterocycles. The molecular weight excluding hydrogens is 720 g/mol. The number of hydrogen-bond donors (Lipinski definition) is 3. The third-order valence-electron chi connectivity index (χ3n) is 11.1. The largest absolute Gasteiger partial charge is 0.465 e. The number of nitrogens with one attached hydrogen (secondary N) is 3. The number of unbranched alkanes of at least 4 members (excludes halogenated alkanes) is 19. The van der Waals surface area contributed by atoms with Gasteiger partial charge < -0.3 is 20.1 Å². The molecule has 2 atom stereocenters. The lowest BCUT2D eigenvalue weighted by Gasteiger charge is -2.22. The van der Waals surface area contributed by atoms with Crippen molar-refractivity contribution in [1.29, 1.82) is 0 Å². The van der Waals surface area contributed by atoms with Crippen molar-refractivity contribution in [3.05, 3.63) is 0 Å². The lowest BCUT2D eigenvalue weighted by atomic mass is 9.95. The maximum atomic E-state index is 12.5. The Kier molecular flexibility index (Phi) is 44.4. The number of alkyl halides is 1. The first kappa shape index (κ1) is 55.1. The smallest absolute Gasteiger partial charge is 0.305 e. The molecule has 9 heteroatoms. The number of rotatable bonds is 46. The summed E-state index contributed by atoms with van der Waals surface area (Å²) in [6.07, 6.45) is 34.9. The number of ether oxygens (including phenoxy) is 2. The zero-order valence-corrected chi connectivity index (χ0v) is 38.4. The molecule has 0 heterocycles. The van der Waals surface area contributed by atoms with Gasteiger partial charge >= 0.3 is 11.9 Å². The summed E-state index contributed by atoms with van der Waals surface area (Å²) in [4.78, 5) is 25.0. The fourth-order valence-corrected chi connectivity index (χ4v) is 7.47. The SMILES string of the molecule is CCCCCCCCC(CCCCCC)COC(=O)CCCCNCNN(CCCl)CCCCCCCC(=O)OCC(CCCCCCCC)CNCCCC. The maximum absolute atomic E-state index is 12.5. The first-order valence-electron chi connectivity index (χ1n) is 24.3. The van der Waals surface area contributed by atoms with Gasteiger partial charge in [-0.3, -0.25) is 9.59 Å². The van der Waals surface area contributed by atoms with E-state index in [0.29, 0.717) is 50.4 Å². The van der Waals surface area contributed by atoms with Crippen molar-refractivity contribution < 1.29 is 19.1 Å². The Morgan fingerprint density at radius 2 is 0.946 bits per heavy atom. The minimum atomic E-state index is -0.0358. The summed E-state index contributed by atoms with van der Waals surface area (Å²) < 4.78 is 11.5. The van der Waals surface area contributed by atoms with Crippen LogP contribution in [0.4, 0.5) is 0 Å². The number of hydrazine groups is 1. The Morgan fingerprint density at radius 3 is 1.52 bits per heavy atom. The van der Waals surface area contributed by atoms with E-state index in [2.05, 4.69) is 48.8 Å². The molecule has 0 saturated carbocycles. The van der Waals surface area contributed by atoms with E-state index in [4.69, 9.17) is 21.1 Å². The molecular formula is C47H95ClN4O4. The molecule has 56 heavy (non-hydrogen) atoms. The van der Waals surface area contributed by atoms with E-state index < -0.39 is 0 Å². The van der Waals surface area contributed by atoms with Crippen molar-refractivity contribution >= 4 is 23.5 Å². The quantitative estimate of drug-likeness (QED) is 0.0184. The molecule has 0 bridgehead atoms. The molecule has 0 rings (SSSR count). The van der Waals surface area contributed by atoms with Crippen LogP contribution >= 0.6 is 11.6 Å². The van der Waals surface area contributed by atoms with Gasteiger partial charge in [0.1, 0.15) is 0 Å². The molecule has 0 aromatic carbocycles. The van der Waals surface area contributed by atoms with Gasteiger partial charge in [-0.2, -0.15) is 0 Å². The topological polar surface area (TPSA) is 91.9 Å². The standard InChI is InChI=1S/C47H95ClN4O4/c1-5-9-13-16-19-24-31-44(30-23-15-11-7-3)41-55-47(54)34-27-28-37-50-43-51-52(39-35-48)38-29-22-18-21-26-33-46(53)56-42-45(40-49-36-12-8-4)32-25-20-17-14-10-6-2/h44-45,49-51H,5-43H2,1-4H3. The van der Waals surface area contributed by atoms with Crippen LogP contribution < -0.4 is 16.1 Å². The lowest BCUT2D eigenvalue weighted by Crippen LogP contribution is -2.45. The molecule has 3 N–H and O–H groups in total. The number of carbonyl (C=O) groups is 2. The Labute approximate surface area is 353 Å². The fraction of sp³-hybridized carbons (Fsp3) is 0.957. The van der Waals surface area contributed by atoms with Gasteiger partial charge in [0.15, 0.2) is 0 Å². The normalized spacial score (nSPS) is 12.7. The van der Waals surface area contributed by atoms with Crippen LogP contribution in [0.15, 0.2) is 0 Å². The lowest BCUT2D eigenvalue weighted by molar-refractivity contribution is -0.146. The summed E-state index contributed by atoms with van der Waals surface area (Å²) in [6, 6.07) is 0. The predicted octanol–water partition coefficient (Wildman–Crippen LogP) is 12.3. The van der Waals surface area contributed by atoms with Crippen LogP contribution in [-0.2, 0) is 19.1 Å². The molecule has 0 saturated heterocycles. The van der Waals surface area contributed by atoms with Gasteiger partial charge in [-0.05, 0) is 70.4 Å². The van der Waals surface area contributed by atoms with Crippen LogP contribution in [0.2, 0.25) is 0 Å². The number of halogens is 1. The van der Waals surface area contributed by atoms with E-state index in [9.17, 15) is 9.59 Å². The van der Waals surface area contributed by atoms with Gasteiger partial charge in [0, 0.05) is 44.3 Å². The van der Waals surface area contributed by atoms with E-state index in [-0.39, 0.29) is 11.9 Å². The van der Waals surface area contributed by atoms with Crippen LogP contribution in [0.3, 0.4) is 0 Å². The first-order valence-corrected chi connectivity index (χ1v) is 24.8. The zero-order chi connectivity index (χ0) is 41.0. The minimum absolute atomic E-state index is 0.0350. The molecule has 2 unspecified atom stereocenters. The second kappa shape index (κ2) is 45.2. The van der Waals surface area contributed by atoms with Crippen molar-refractivity contribution in [3.63, 3.8) is 0 Å². The Hall–Kier alpha value is -0.930. The van der Waals surface area contributed by atoms with Gasteiger partial charge in [0.25, 0.3) is 0 Å². The molecule has 0 radical (unpaired) electrons. The van der Waals surface area contributed by atoms with Gasteiger partial charge in [-0.25, -0.2) is 10.4 Å². The molecule has 8 nitrogen and oxygen atoms in total. The minimum Gasteiger partial charge on any atom is -0.465 e. The highest BCUT2D eigenvalue weighted by Gasteiger charge is 2.14. The highest BCUT2D eigenvalue weighted by molar-refractivity contribution is 6.18. The van der Waals surface area contributed by atoms with Crippen LogP contribution in [0.1, 0.15) is 220 Å². The van der Waals surface area contributed by atoms with E-state index in [1.807, 2.05) is 0 Å². The van der Waals surface area contributed by atoms with Crippen molar-refractivity contribution in [1.82, 2.24) is 21.1 Å². The predicted molar refractivity (Wildman–Crippen MR) is 241 cm³/mol. The van der Waals surface area contributed by atoms with E-state index in [1.54, 1.807) is 0 Å². The summed E-state index contributed by atoms with van der Waals surface area (Å²) in [5.74, 6) is 1.46. The van der Waals surface area contributed by atoms with E-state index >= 15 is 0 Å². The summed E-state index contributed by atoms with van der Waals surface area (Å²) in [7, 11) is 0. The molecule has 0 amide bonds. The van der Waals surface area contributed by atoms with Crippen LogP contribution in [0.5, 0.6) is 0 Å². The van der Waals surface area contributed by atoms with Crippen LogP contribution in [0.25, 0.3) is 0 Å². The van der Waals surface area contributed by atoms with Gasteiger partial charge in [0.05, 0.1) is 19.9 Å². The number of carbonyl (C=O) groups excluding carboxylic acids is 2. The van der Waals surface area contributed by atoms with Crippen molar-refractivity contribution in [2.45, 2.75) is 220 Å². The van der Waals surface area contributed by atoms with E-state index in [0.717, 1.165) is 84.1 Å². The number of hydrogen-bond acceptors (Lipinski definition) is 8. The third-order valence-corrected chi connectivity index (χ3v) is 11.2. The number of nitrogens with zero attached hydrogens (tertiary/aromatic N) is 1. The zero-order valence-electron chi connectivity index (χ0n) is 37.7. The molecule has 0 spiro atoms. The molecule has 0 aliphatic carbocycles. The first-order chi connectivity index (χ1) is 27.5. The van der Waals surface area contributed by atoms with Crippen LogP contribution in [0, 0.1) is 11.8 Å². The van der Waals surface area contributed by atoms with Gasteiger partial charge in [0.2, 0.25) is 0 Å². The van der Waals surface area contributed by atoms with Crippen molar-refractivity contribution in [2.24, 2.45) is 11.8 Å². The Bertz CT molecular complexity index is 761. The second-order valence-corrected chi connectivity index (χ2v) is 17.0. The maximum Gasteiger partial charge on any atom is 0.305 e. The summed E-state index contributed by atoms with van der Waals surface area (Å²) >= 11 is 6.09. The molecule has 0 fully saturated rings. The monoisotopic (exact) mass is 815 g/mol. The summed E-state index contributed by atoms with van der Waals surface area (Å²) in [5.41, 5.74) is 3.47. The highest BCUT2D eigenvalue weighted by atomic mass is 35.5. The number of esters is 2. The van der Waals surface area contributed by atoms with Crippen molar-refractivity contribution in [3.8, 4) is 0 Å². The molecule has 0 aromatic rings. The average Bonchev–Trinajstić information content (AvgIpc) is 3.20. The van der Waals surface area contributed by atoms with E-state index in [1.165, 1.54) is 128 Å². The molecule has 334 valence electrons. The molecule has 0 aliphatic heterocycles. The van der Waals surface area contributed by atoms with Gasteiger partial charge in [-0.15, -0.1) is 11.6 Å². The third kappa shape index (κ3) is 39.9.